The van der Waals surface area contributed by atoms with Crippen LogP contribution in [0, 0.1) is 0 Å². The minimum atomic E-state index is -3.74. The molecule has 1 aliphatic heterocycles. The summed E-state index contributed by atoms with van der Waals surface area (Å²) in [5, 5.41) is 0. The molecular formula is C18H19N3O3S. The van der Waals surface area contributed by atoms with Crippen LogP contribution in [-0.4, -0.2) is 37.6 Å². The van der Waals surface area contributed by atoms with E-state index in [1.807, 2.05) is 24.9 Å². The summed E-state index contributed by atoms with van der Waals surface area (Å²) in [7, 11) is -1.82. The summed E-state index contributed by atoms with van der Waals surface area (Å²) in [6.07, 6.45) is 3.94. The van der Waals surface area contributed by atoms with Crippen LogP contribution >= 0.6 is 0 Å². The van der Waals surface area contributed by atoms with Crippen molar-refractivity contribution in [2.24, 2.45) is 0 Å². The van der Waals surface area contributed by atoms with Crippen molar-refractivity contribution >= 4 is 26.7 Å². The number of benzene rings is 1. The van der Waals surface area contributed by atoms with Crippen molar-refractivity contribution in [3.63, 3.8) is 0 Å². The van der Waals surface area contributed by atoms with Crippen LogP contribution in [0.25, 0.3) is 11.0 Å². The smallest absolute Gasteiger partial charge is 0.268 e. The number of fused-ring (bicyclic) bond motifs is 2. The number of ether oxygens (including phenoxy) is 1. The normalized spacial score (nSPS) is 13.7. The quantitative estimate of drug-likeness (QED) is 0.718. The van der Waals surface area contributed by atoms with Crippen LogP contribution in [0.5, 0.6) is 5.75 Å². The number of hydrogen-bond acceptors (Lipinski definition) is 5. The molecular weight excluding hydrogens is 338 g/mol. The Bertz CT molecular complexity index is 1060. The molecule has 0 saturated heterocycles. The monoisotopic (exact) mass is 357 g/mol. The number of aromatic nitrogens is 2. The van der Waals surface area contributed by atoms with Gasteiger partial charge in [0.2, 0.25) is 0 Å². The van der Waals surface area contributed by atoms with Gasteiger partial charge in [0.05, 0.1) is 22.7 Å². The van der Waals surface area contributed by atoms with Crippen LogP contribution in [0.4, 0.5) is 5.69 Å². The van der Waals surface area contributed by atoms with Gasteiger partial charge in [0.25, 0.3) is 10.0 Å². The predicted molar refractivity (Wildman–Crippen MR) is 96.9 cm³/mol. The second-order valence-electron chi connectivity index (χ2n) is 6.03. The Hall–Kier alpha value is -2.54. The maximum Gasteiger partial charge on any atom is 0.268 e. The first-order chi connectivity index (χ1) is 12.0. The summed E-state index contributed by atoms with van der Waals surface area (Å²) in [6.45, 7) is 3.28. The van der Waals surface area contributed by atoms with Crippen molar-refractivity contribution in [1.82, 2.24) is 8.96 Å². The fraction of sp³-hybridized carbons (Fsp3) is 0.278. The average molecular weight is 357 g/mol. The van der Waals surface area contributed by atoms with Crippen LogP contribution in [0.15, 0.2) is 47.6 Å². The van der Waals surface area contributed by atoms with Crippen molar-refractivity contribution in [3.8, 4) is 5.75 Å². The first kappa shape index (κ1) is 16.0. The van der Waals surface area contributed by atoms with Gasteiger partial charge >= 0.3 is 0 Å². The summed E-state index contributed by atoms with van der Waals surface area (Å²) >= 11 is 0. The van der Waals surface area contributed by atoms with E-state index >= 15 is 0 Å². The Morgan fingerprint density at radius 2 is 2.12 bits per heavy atom. The molecule has 1 aromatic carbocycles. The van der Waals surface area contributed by atoms with Gasteiger partial charge in [-0.2, -0.15) is 0 Å². The molecule has 3 heterocycles. The molecule has 0 atom stereocenters. The minimum absolute atomic E-state index is 0.300. The second-order valence-corrected chi connectivity index (χ2v) is 7.82. The molecule has 4 rings (SSSR count). The van der Waals surface area contributed by atoms with Crippen molar-refractivity contribution in [3.05, 3.63) is 48.3 Å². The van der Waals surface area contributed by atoms with Gasteiger partial charge in [-0.3, -0.25) is 4.98 Å². The highest BCUT2D eigenvalue weighted by molar-refractivity contribution is 7.90. The maximum absolute atomic E-state index is 13.4. The van der Waals surface area contributed by atoms with Gasteiger partial charge in [-0.25, -0.2) is 12.4 Å². The average Bonchev–Trinajstić information content (AvgIpc) is 3.25. The molecule has 0 N–H and O–H groups in total. The topological polar surface area (TPSA) is 64.4 Å². The van der Waals surface area contributed by atoms with E-state index in [9.17, 15) is 8.42 Å². The molecule has 0 spiro atoms. The van der Waals surface area contributed by atoms with E-state index in [2.05, 4.69) is 4.98 Å². The fourth-order valence-corrected chi connectivity index (χ4v) is 4.82. The van der Waals surface area contributed by atoms with E-state index in [-0.39, 0.29) is 0 Å². The van der Waals surface area contributed by atoms with E-state index in [0.717, 1.165) is 17.8 Å². The Labute approximate surface area is 146 Å². The summed E-state index contributed by atoms with van der Waals surface area (Å²) in [5.41, 5.74) is 2.80. The number of anilines is 1. The van der Waals surface area contributed by atoms with Gasteiger partial charge < -0.3 is 9.64 Å². The van der Waals surface area contributed by atoms with Crippen LogP contribution in [0.1, 0.15) is 12.5 Å². The molecule has 6 nitrogen and oxygen atoms in total. The molecule has 7 heteroatoms. The van der Waals surface area contributed by atoms with Crippen molar-refractivity contribution < 1.29 is 13.2 Å². The zero-order valence-corrected chi connectivity index (χ0v) is 15.0. The van der Waals surface area contributed by atoms with Crippen molar-refractivity contribution in [2.45, 2.75) is 18.2 Å². The highest BCUT2D eigenvalue weighted by Crippen LogP contribution is 2.35. The third-order valence-corrected chi connectivity index (χ3v) is 6.39. The predicted octanol–water partition coefficient (Wildman–Crippen LogP) is 2.66. The van der Waals surface area contributed by atoms with Crippen LogP contribution in [0.2, 0.25) is 0 Å². The Morgan fingerprint density at radius 1 is 1.28 bits per heavy atom. The molecule has 3 aromatic rings. The third kappa shape index (κ3) is 2.38. The van der Waals surface area contributed by atoms with Crippen LogP contribution < -0.4 is 9.64 Å². The largest absolute Gasteiger partial charge is 0.493 e. The van der Waals surface area contributed by atoms with E-state index in [0.29, 0.717) is 34.7 Å². The highest BCUT2D eigenvalue weighted by Gasteiger charge is 2.28. The zero-order chi connectivity index (χ0) is 17.6. The van der Waals surface area contributed by atoms with E-state index < -0.39 is 10.0 Å². The standard InChI is InChI=1S/C18H19N3O3S/c1-3-20(2)15-12-21(14-6-5-10-19-18(14)15)25(22,23)17-8-4-7-16-13(17)9-11-24-16/h4-8,10,12H,3,9,11H2,1-2H3. The number of nitrogens with zero attached hydrogens (tertiary/aromatic N) is 3. The minimum Gasteiger partial charge on any atom is -0.493 e. The first-order valence-electron chi connectivity index (χ1n) is 8.21. The SMILES string of the molecule is CCN(C)c1cn(S(=O)(=O)c2cccc3c2CCO3)c2cccnc12. The summed E-state index contributed by atoms with van der Waals surface area (Å²) in [6, 6.07) is 8.72. The van der Waals surface area contributed by atoms with Gasteiger partial charge in [-0.05, 0) is 31.2 Å². The third-order valence-electron chi connectivity index (χ3n) is 4.63. The summed E-state index contributed by atoms with van der Waals surface area (Å²) in [5.74, 6) is 0.654. The first-order valence-corrected chi connectivity index (χ1v) is 9.65. The molecule has 2 aromatic heterocycles. The molecule has 0 unspecified atom stereocenters. The molecule has 0 bridgehead atoms. The Balaban J connectivity index is 1.97. The van der Waals surface area contributed by atoms with Gasteiger partial charge in [-0.1, -0.05) is 6.07 Å². The maximum atomic E-state index is 13.4. The Morgan fingerprint density at radius 3 is 2.92 bits per heavy atom. The number of rotatable bonds is 4. The molecule has 0 radical (unpaired) electrons. The molecule has 25 heavy (non-hydrogen) atoms. The fourth-order valence-electron chi connectivity index (χ4n) is 3.20. The van der Waals surface area contributed by atoms with E-state index in [1.54, 1.807) is 36.7 Å². The van der Waals surface area contributed by atoms with Crippen molar-refractivity contribution in [1.29, 1.82) is 0 Å². The van der Waals surface area contributed by atoms with Crippen molar-refractivity contribution in [2.75, 3.05) is 25.1 Å². The second kappa shape index (κ2) is 5.77. The molecule has 0 aliphatic carbocycles. The van der Waals surface area contributed by atoms with Gasteiger partial charge in [0.15, 0.2) is 0 Å². The molecule has 0 saturated carbocycles. The lowest BCUT2D eigenvalue weighted by Crippen LogP contribution is -2.16. The zero-order valence-electron chi connectivity index (χ0n) is 14.1. The lowest BCUT2D eigenvalue weighted by molar-refractivity contribution is 0.357. The number of pyridine rings is 1. The van der Waals surface area contributed by atoms with Crippen LogP contribution in [-0.2, 0) is 16.4 Å². The number of hydrogen-bond donors (Lipinski definition) is 0. The summed E-state index contributed by atoms with van der Waals surface area (Å²) in [4.78, 5) is 6.68. The lowest BCUT2D eigenvalue weighted by atomic mass is 10.2. The molecule has 0 amide bonds. The van der Waals surface area contributed by atoms with Gasteiger partial charge in [0, 0.05) is 38.0 Å². The van der Waals surface area contributed by atoms with E-state index in [1.165, 1.54) is 3.97 Å². The molecule has 130 valence electrons. The van der Waals surface area contributed by atoms with E-state index in [4.69, 9.17) is 4.74 Å². The molecule has 0 fully saturated rings. The van der Waals surface area contributed by atoms with Crippen LogP contribution in [0.3, 0.4) is 0 Å². The summed E-state index contributed by atoms with van der Waals surface area (Å²) < 4.78 is 33.6. The molecule has 1 aliphatic rings. The Kier molecular flexibility index (Phi) is 3.68. The van der Waals surface area contributed by atoms with Gasteiger partial charge in [-0.15, -0.1) is 0 Å². The van der Waals surface area contributed by atoms with Gasteiger partial charge in [0.1, 0.15) is 11.3 Å². The lowest BCUT2D eigenvalue weighted by Gasteiger charge is -2.14. The highest BCUT2D eigenvalue weighted by atomic mass is 32.2.